The Morgan fingerprint density at radius 2 is 1.91 bits per heavy atom. The van der Waals surface area contributed by atoms with Crippen LogP contribution in [-0.2, 0) is 4.79 Å². The molecule has 2 aliphatic rings. The van der Waals surface area contributed by atoms with Crippen LogP contribution < -0.4 is 16.0 Å². The summed E-state index contributed by atoms with van der Waals surface area (Å²) < 4.78 is 20.6. The SMILES string of the molecule is O=C(Nc1ccc(-c2ncc(-c3ccc4[nH]c([C@@H]5CCCN5)nc4c3)o2)cc1F)[C@@H]1CCCN1. The molecule has 6 rings (SSSR count). The molecule has 0 unspecified atom stereocenters. The molecular formula is C25H25FN6O2. The van der Waals surface area contributed by atoms with Gasteiger partial charge in [-0.05, 0) is 75.2 Å². The number of oxazole rings is 1. The number of halogens is 1. The highest BCUT2D eigenvalue weighted by atomic mass is 19.1. The third-order valence-corrected chi connectivity index (χ3v) is 6.53. The maximum absolute atomic E-state index is 14.7. The van der Waals surface area contributed by atoms with Gasteiger partial charge in [0.15, 0.2) is 5.76 Å². The number of fused-ring (bicyclic) bond motifs is 1. The van der Waals surface area contributed by atoms with E-state index < -0.39 is 5.82 Å². The van der Waals surface area contributed by atoms with Gasteiger partial charge in [-0.15, -0.1) is 0 Å². The molecule has 0 radical (unpaired) electrons. The number of carbonyl (C=O) groups excluding carboxylic acids is 1. The lowest BCUT2D eigenvalue weighted by molar-refractivity contribution is -0.117. The fourth-order valence-corrected chi connectivity index (χ4v) is 4.68. The van der Waals surface area contributed by atoms with Crippen molar-refractivity contribution in [3.05, 3.63) is 54.2 Å². The highest BCUT2D eigenvalue weighted by molar-refractivity contribution is 5.95. The van der Waals surface area contributed by atoms with Crippen molar-refractivity contribution in [2.24, 2.45) is 0 Å². The van der Waals surface area contributed by atoms with Crippen LogP contribution in [0.5, 0.6) is 0 Å². The Hall–Kier alpha value is -3.56. The summed E-state index contributed by atoms with van der Waals surface area (Å²) in [6, 6.07) is 10.4. The molecule has 0 spiro atoms. The fourth-order valence-electron chi connectivity index (χ4n) is 4.68. The monoisotopic (exact) mass is 460 g/mol. The standard InChI is InChI=1S/C25H25FN6O2/c26-16-11-15(6-7-17(16)32-24(33)20-4-2-10-28-20)25-29-13-22(34-25)14-5-8-18-21(12-14)31-23(30-18)19-3-1-9-27-19/h5-8,11-13,19-20,27-28H,1-4,9-10H2,(H,30,31)(H,32,33)/t19-,20-/m0/s1. The highest BCUT2D eigenvalue weighted by Crippen LogP contribution is 2.31. The molecule has 2 aromatic heterocycles. The Kier molecular flexibility index (Phi) is 5.35. The Morgan fingerprint density at radius 1 is 1.06 bits per heavy atom. The van der Waals surface area contributed by atoms with Crippen molar-refractivity contribution in [2.75, 3.05) is 18.4 Å². The zero-order valence-corrected chi connectivity index (χ0v) is 18.5. The number of anilines is 1. The van der Waals surface area contributed by atoms with E-state index in [1.165, 1.54) is 12.1 Å². The summed E-state index contributed by atoms with van der Waals surface area (Å²) in [6.45, 7) is 1.82. The van der Waals surface area contributed by atoms with Crippen LogP contribution in [-0.4, -0.2) is 40.0 Å². The fraction of sp³-hybridized carbons (Fsp3) is 0.320. The Bertz CT molecular complexity index is 1350. The normalized spacial score (nSPS) is 20.3. The second kappa shape index (κ2) is 8.66. The number of H-pyrrole nitrogens is 1. The third-order valence-electron chi connectivity index (χ3n) is 6.53. The minimum atomic E-state index is -0.533. The number of rotatable bonds is 5. The molecule has 2 aliphatic heterocycles. The van der Waals surface area contributed by atoms with Gasteiger partial charge in [-0.25, -0.2) is 14.4 Å². The lowest BCUT2D eigenvalue weighted by atomic mass is 10.1. The molecule has 0 bridgehead atoms. The second-order valence-corrected chi connectivity index (χ2v) is 8.87. The first kappa shape index (κ1) is 21.0. The van der Waals surface area contributed by atoms with Crippen LogP contribution in [0, 0.1) is 5.82 Å². The first-order valence-electron chi connectivity index (χ1n) is 11.7. The number of nitrogens with one attached hydrogen (secondary N) is 4. The molecule has 1 amide bonds. The summed E-state index contributed by atoms with van der Waals surface area (Å²) in [7, 11) is 0. The zero-order chi connectivity index (χ0) is 23.1. The van der Waals surface area contributed by atoms with Crippen molar-refractivity contribution in [2.45, 2.75) is 37.8 Å². The van der Waals surface area contributed by atoms with Crippen LogP contribution in [0.25, 0.3) is 33.8 Å². The maximum atomic E-state index is 14.7. The van der Waals surface area contributed by atoms with Crippen LogP contribution in [0.3, 0.4) is 0 Å². The molecular weight excluding hydrogens is 435 g/mol. The van der Waals surface area contributed by atoms with Crippen LogP contribution in [0.2, 0.25) is 0 Å². The molecule has 4 aromatic rings. The predicted octanol–water partition coefficient (Wildman–Crippen LogP) is 4.14. The smallest absolute Gasteiger partial charge is 0.241 e. The molecule has 4 heterocycles. The van der Waals surface area contributed by atoms with Crippen molar-refractivity contribution in [1.82, 2.24) is 25.6 Å². The quantitative estimate of drug-likeness (QED) is 0.357. The van der Waals surface area contributed by atoms with Crippen molar-refractivity contribution >= 4 is 22.6 Å². The van der Waals surface area contributed by atoms with E-state index in [1.807, 2.05) is 18.2 Å². The molecule has 2 saturated heterocycles. The lowest BCUT2D eigenvalue weighted by Crippen LogP contribution is -2.35. The van der Waals surface area contributed by atoms with E-state index in [4.69, 9.17) is 9.40 Å². The average Bonchev–Trinajstić information content (AvgIpc) is 3.65. The number of nitrogens with zero attached hydrogens (tertiary/aromatic N) is 2. The van der Waals surface area contributed by atoms with E-state index in [-0.39, 0.29) is 23.7 Å². The summed E-state index contributed by atoms with van der Waals surface area (Å²) in [6.07, 6.45) is 5.56. The van der Waals surface area contributed by atoms with Gasteiger partial charge in [0.25, 0.3) is 0 Å². The van der Waals surface area contributed by atoms with Crippen molar-refractivity contribution < 1.29 is 13.6 Å². The third kappa shape index (κ3) is 3.97. The number of benzene rings is 2. The number of aromatic amines is 1. The molecule has 2 fully saturated rings. The van der Waals surface area contributed by atoms with Crippen molar-refractivity contribution in [3.8, 4) is 22.8 Å². The van der Waals surface area contributed by atoms with Gasteiger partial charge in [0.2, 0.25) is 11.8 Å². The Balaban J connectivity index is 1.21. The van der Waals surface area contributed by atoms with Crippen LogP contribution in [0.15, 0.2) is 47.0 Å². The van der Waals surface area contributed by atoms with E-state index in [1.54, 1.807) is 12.3 Å². The maximum Gasteiger partial charge on any atom is 0.241 e. The van der Waals surface area contributed by atoms with Gasteiger partial charge in [-0.2, -0.15) is 0 Å². The highest BCUT2D eigenvalue weighted by Gasteiger charge is 2.23. The van der Waals surface area contributed by atoms with Crippen LogP contribution in [0.4, 0.5) is 10.1 Å². The van der Waals surface area contributed by atoms with E-state index in [0.29, 0.717) is 17.2 Å². The summed E-state index contributed by atoms with van der Waals surface area (Å²) in [5.41, 5.74) is 3.32. The molecule has 8 nitrogen and oxygen atoms in total. The largest absolute Gasteiger partial charge is 0.436 e. The number of imidazole rings is 1. The van der Waals surface area contributed by atoms with E-state index in [9.17, 15) is 9.18 Å². The molecule has 9 heteroatoms. The van der Waals surface area contributed by atoms with E-state index >= 15 is 0 Å². The number of amides is 1. The minimum Gasteiger partial charge on any atom is -0.436 e. The van der Waals surface area contributed by atoms with Gasteiger partial charge < -0.3 is 25.4 Å². The number of hydrogen-bond donors (Lipinski definition) is 4. The van der Waals surface area contributed by atoms with Gasteiger partial charge in [-0.3, -0.25) is 4.79 Å². The Labute approximate surface area is 195 Å². The first-order valence-corrected chi connectivity index (χ1v) is 11.7. The summed E-state index contributed by atoms with van der Waals surface area (Å²) in [4.78, 5) is 24.8. The molecule has 174 valence electrons. The van der Waals surface area contributed by atoms with Gasteiger partial charge in [0.1, 0.15) is 11.6 Å². The second-order valence-electron chi connectivity index (χ2n) is 8.87. The van der Waals surface area contributed by atoms with E-state index in [0.717, 1.165) is 61.2 Å². The predicted molar refractivity (Wildman–Crippen MR) is 127 cm³/mol. The summed E-state index contributed by atoms with van der Waals surface area (Å²) >= 11 is 0. The average molecular weight is 461 g/mol. The van der Waals surface area contributed by atoms with Crippen molar-refractivity contribution in [1.29, 1.82) is 0 Å². The van der Waals surface area contributed by atoms with Crippen LogP contribution >= 0.6 is 0 Å². The summed E-state index contributed by atoms with van der Waals surface area (Å²) in [5.74, 6) is 1.08. The molecule has 2 aromatic carbocycles. The van der Waals surface area contributed by atoms with E-state index in [2.05, 4.69) is 25.9 Å². The molecule has 34 heavy (non-hydrogen) atoms. The number of carbonyl (C=O) groups is 1. The number of aromatic nitrogens is 3. The zero-order valence-electron chi connectivity index (χ0n) is 18.5. The topological polar surface area (TPSA) is 108 Å². The molecule has 0 saturated carbocycles. The minimum absolute atomic E-state index is 0.144. The van der Waals surface area contributed by atoms with Gasteiger partial charge >= 0.3 is 0 Å². The lowest BCUT2D eigenvalue weighted by Gasteiger charge is -2.12. The molecule has 2 atom stereocenters. The molecule has 0 aliphatic carbocycles. The van der Waals surface area contributed by atoms with Gasteiger partial charge in [0.05, 0.1) is 35.0 Å². The van der Waals surface area contributed by atoms with Gasteiger partial charge in [-0.1, -0.05) is 0 Å². The molecule has 4 N–H and O–H groups in total. The van der Waals surface area contributed by atoms with Crippen LogP contribution in [0.1, 0.15) is 37.5 Å². The number of hydrogen-bond acceptors (Lipinski definition) is 6. The first-order chi connectivity index (χ1) is 16.6. The van der Waals surface area contributed by atoms with Gasteiger partial charge in [0, 0.05) is 11.1 Å². The Morgan fingerprint density at radius 3 is 2.71 bits per heavy atom. The van der Waals surface area contributed by atoms with Crippen molar-refractivity contribution in [3.63, 3.8) is 0 Å². The summed E-state index contributed by atoms with van der Waals surface area (Å²) in [5, 5.41) is 9.22.